The molecule has 1 aromatic carbocycles. The molecule has 1 aliphatic heterocycles. The van der Waals surface area contributed by atoms with Crippen LogP contribution in [0.2, 0.25) is 0 Å². The quantitative estimate of drug-likeness (QED) is 0.505. The maximum Gasteiger partial charge on any atom is 0.245 e. The molecule has 2 amide bonds. The Balaban J connectivity index is 1.77. The lowest BCUT2D eigenvalue weighted by Gasteiger charge is -2.44. The first kappa shape index (κ1) is 29.2. The molecule has 1 saturated heterocycles. The number of nitrogens with zero attached hydrogens (tertiary/aromatic N) is 3. The van der Waals surface area contributed by atoms with Crippen LogP contribution < -0.4 is 10.2 Å². The molecule has 1 aromatic heterocycles. The summed E-state index contributed by atoms with van der Waals surface area (Å²) < 4.78 is 5.56. The summed E-state index contributed by atoms with van der Waals surface area (Å²) in [6.45, 7) is 9.17. The second kappa shape index (κ2) is 12.2. The van der Waals surface area contributed by atoms with Gasteiger partial charge in [0.1, 0.15) is 0 Å². The normalized spacial score (nSPS) is 21.8. The summed E-state index contributed by atoms with van der Waals surface area (Å²) in [5.74, 6) is -0.0101. The van der Waals surface area contributed by atoms with E-state index in [0.29, 0.717) is 13.0 Å². The molecule has 0 radical (unpaired) electrons. The highest BCUT2D eigenvalue weighted by atomic mass is 16.5. The van der Waals surface area contributed by atoms with Gasteiger partial charge in [-0.1, -0.05) is 58.2 Å². The molecule has 1 unspecified atom stereocenters. The van der Waals surface area contributed by atoms with E-state index in [1.807, 2.05) is 48.0 Å². The number of carbonyl (C=O) groups excluding carboxylic acids is 2. The third kappa shape index (κ3) is 6.52. The van der Waals surface area contributed by atoms with E-state index in [-0.39, 0.29) is 35.8 Å². The van der Waals surface area contributed by atoms with Gasteiger partial charge in [0, 0.05) is 44.8 Å². The molecular formula is C32H46N4O3. The fraction of sp³-hybridized carbons (Fsp3) is 0.594. The van der Waals surface area contributed by atoms with Gasteiger partial charge in [0.25, 0.3) is 0 Å². The first-order chi connectivity index (χ1) is 18.5. The summed E-state index contributed by atoms with van der Waals surface area (Å²) in [6, 6.07) is 11.9. The van der Waals surface area contributed by atoms with E-state index >= 15 is 0 Å². The molecule has 212 valence electrons. The van der Waals surface area contributed by atoms with Crippen molar-refractivity contribution in [2.45, 2.75) is 102 Å². The number of anilines is 1. The molecule has 1 aliphatic carbocycles. The van der Waals surface area contributed by atoms with Gasteiger partial charge in [0.2, 0.25) is 11.8 Å². The number of benzene rings is 1. The Morgan fingerprint density at radius 3 is 2.28 bits per heavy atom. The average molecular weight is 535 g/mol. The number of methoxy groups -OCH3 is 1. The second-order valence-electron chi connectivity index (χ2n) is 12.5. The van der Waals surface area contributed by atoms with Crippen molar-refractivity contribution in [1.82, 2.24) is 15.2 Å². The van der Waals surface area contributed by atoms with Crippen LogP contribution in [0.3, 0.4) is 0 Å². The number of pyridine rings is 1. The lowest BCUT2D eigenvalue weighted by Crippen LogP contribution is -2.56. The Bertz CT molecular complexity index is 1110. The van der Waals surface area contributed by atoms with Crippen molar-refractivity contribution in [3.8, 4) is 0 Å². The second-order valence-corrected chi connectivity index (χ2v) is 12.5. The van der Waals surface area contributed by atoms with E-state index in [9.17, 15) is 9.59 Å². The molecule has 7 heteroatoms. The van der Waals surface area contributed by atoms with Crippen LogP contribution in [0.25, 0.3) is 0 Å². The minimum absolute atomic E-state index is 0.0165. The topological polar surface area (TPSA) is 74.8 Å². The van der Waals surface area contributed by atoms with Crippen LogP contribution in [0, 0.1) is 0 Å². The van der Waals surface area contributed by atoms with Crippen molar-refractivity contribution >= 4 is 17.5 Å². The third-order valence-corrected chi connectivity index (χ3v) is 8.72. The molecule has 2 aromatic rings. The van der Waals surface area contributed by atoms with Gasteiger partial charge in [-0.2, -0.15) is 0 Å². The molecule has 3 atom stereocenters. The standard InChI is InChI=1S/C32H46N4O3/c1-31(2,3)23-14-16-26(17-15-23)36(30(38)28-19-27(39-6)22-34-28)32(4,24-11-10-18-33-21-24)20-29(37)35(5)25-12-8-7-9-13-25/h10-11,14-18,21,25,27-28,34H,7-9,12-13,19-20,22H2,1-6H3/t27-,28+,32?/m0/s1. The SMILES string of the molecule is CO[C@@H]1CN[C@@H](C(=O)N(c2ccc(C(C)(C)C)cc2)C(C)(CC(=O)N(C)C2CCCCC2)c2cccnc2)C1. The average Bonchev–Trinajstić information content (AvgIpc) is 3.43. The fourth-order valence-electron chi connectivity index (χ4n) is 6.08. The van der Waals surface area contributed by atoms with Gasteiger partial charge >= 0.3 is 0 Å². The lowest BCUT2D eigenvalue weighted by atomic mass is 9.84. The van der Waals surface area contributed by atoms with E-state index in [0.717, 1.165) is 36.9 Å². The smallest absolute Gasteiger partial charge is 0.245 e. The van der Waals surface area contributed by atoms with Gasteiger partial charge in [0.05, 0.1) is 24.1 Å². The molecule has 1 saturated carbocycles. The van der Waals surface area contributed by atoms with E-state index in [2.05, 4.69) is 43.2 Å². The minimum Gasteiger partial charge on any atom is -0.380 e. The van der Waals surface area contributed by atoms with Crippen molar-refractivity contribution in [1.29, 1.82) is 0 Å². The molecule has 39 heavy (non-hydrogen) atoms. The Hall–Kier alpha value is -2.77. The Morgan fingerprint density at radius 2 is 1.72 bits per heavy atom. The zero-order valence-electron chi connectivity index (χ0n) is 24.6. The lowest BCUT2D eigenvalue weighted by molar-refractivity contribution is -0.134. The van der Waals surface area contributed by atoms with Crippen LogP contribution in [-0.4, -0.2) is 60.6 Å². The highest BCUT2D eigenvalue weighted by Crippen LogP contribution is 2.39. The molecule has 2 fully saturated rings. The van der Waals surface area contributed by atoms with Crippen LogP contribution in [-0.2, 0) is 25.3 Å². The van der Waals surface area contributed by atoms with E-state index in [1.165, 1.54) is 12.0 Å². The molecular weight excluding hydrogens is 488 g/mol. The number of nitrogens with one attached hydrogen (secondary N) is 1. The van der Waals surface area contributed by atoms with E-state index in [1.54, 1.807) is 19.5 Å². The van der Waals surface area contributed by atoms with Crippen LogP contribution in [0.1, 0.15) is 83.8 Å². The van der Waals surface area contributed by atoms with Crippen molar-refractivity contribution < 1.29 is 14.3 Å². The monoisotopic (exact) mass is 534 g/mol. The summed E-state index contributed by atoms with van der Waals surface area (Å²) in [7, 11) is 3.61. The van der Waals surface area contributed by atoms with Gasteiger partial charge in [-0.25, -0.2) is 0 Å². The number of rotatable bonds is 8. The van der Waals surface area contributed by atoms with E-state index < -0.39 is 11.6 Å². The fourth-order valence-corrected chi connectivity index (χ4v) is 6.08. The summed E-state index contributed by atoms with van der Waals surface area (Å²) in [6.07, 6.45) is 9.86. The van der Waals surface area contributed by atoms with Crippen LogP contribution >= 0.6 is 0 Å². The number of hydrogen-bond donors (Lipinski definition) is 1. The zero-order chi connectivity index (χ0) is 28.2. The first-order valence-corrected chi connectivity index (χ1v) is 14.4. The van der Waals surface area contributed by atoms with Crippen LogP contribution in [0.4, 0.5) is 5.69 Å². The Kier molecular flexibility index (Phi) is 9.12. The first-order valence-electron chi connectivity index (χ1n) is 14.4. The van der Waals surface area contributed by atoms with Gasteiger partial charge in [0.15, 0.2) is 0 Å². The highest BCUT2D eigenvalue weighted by Gasteiger charge is 2.45. The number of amides is 2. The number of ether oxygens (including phenoxy) is 1. The van der Waals surface area contributed by atoms with Crippen LogP contribution in [0.5, 0.6) is 0 Å². The molecule has 0 bridgehead atoms. The molecule has 2 heterocycles. The van der Waals surface area contributed by atoms with Crippen molar-refractivity contribution in [3.63, 3.8) is 0 Å². The summed E-state index contributed by atoms with van der Waals surface area (Å²) in [4.78, 5) is 36.5. The summed E-state index contributed by atoms with van der Waals surface area (Å²) >= 11 is 0. The molecule has 2 aliphatic rings. The Morgan fingerprint density at radius 1 is 1.03 bits per heavy atom. The number of carbonyl (C=O) groups is 2. The largest absolute Gasteiger partial charge is 0.380 e. The minimum atomic E-state index is -0.943. The van der Waals surface area contributed by atoms with Gasteiger partial charge in [-0.3, -0.25) is 14.6 Å². The summed E-state index contributed by atoms with van der Waals surface area (Å²) in [5, 5.41) is 3.37. The maximum atomic E-state index is 14.4. The van der Waals surface area contributed by atoms with Gasteiger partial charge in [-0.05, 0) is 60.9 Å². The van der Waals surface area contributed by atoms with Crippen LogP contribution in [0.15, 0.2) is 48.8 Å². The molecule has 0 spiro atoms. The van der Waals surface area contributed by atoms with Crippen molar-refractivity contribution in [2.24, 2.45) is 0 Å². The maximum absolute atomic E-state index is 14.4. The predicted molar refractivity (Wildman–Crippen MR) is 156 cm³/mol. The zero-order valence-corrected chi connectivity index (χ0v) is 24.6. The predicted octanol–water partition coefficient (Wildman–Crippen LogP) is 5.19. The molecule has 1 N–H and O–H groups in total. The van der Waals surface area contributed by atoms with Gasteiger partial charge < -0.3 is 19.9 Å². The third-order valence-electron chi connectivity index (χ3n) is 8.72. The summed E-state index contributed by atoms with van der Waals surface area (Å²) in [5.41, 5.74) is 1.84. The van der Waals surface area contributed by atoms with E-state index in [4.69, 9.17) is 4.74 Å². The Labute approximate surface area is 234 Å². The number of aromatic nitrogens is 1. The highest BCUT2D eigenvalue weighted by molar-refractivity contribution is 6.00. The van der Waals surface area contributed by atoms with Crippen molar-refractivity contribution in [2.75, 3.05) is 25.6 Å². The van der Waals surface area contributed by atoms with Crippen molar-refractivity contribution in [3.05, 3.63) is 59.9 Å². The van der Waals surface area contributed by atoms with Gasteiger partial charge in [-0.15, -0.1) is 0 Å². The number of hydrogen-bond acceptors (Lipinski definition) is 5. The molecule has 4 rings (SSSR count). The molecule has 7 nitrogen and oxygen atoms in total.